The van der Waals surface area contributed by atoms with Crippen molar-refractivity contribution < 1.29 is 13.9 Å². The van der Waals surface area contributed by atoms with Gasteiger partial charge in [0.2, 0.25) is 0 Å². The summed E-state index contributed by atoms with van der Waals surface area (Å²) in [4.78, 5) is 0. The van der Waals surface area contributed by atoms with Crippen molar-refractivity contribution >= 4 is 19.9 Å². The molecular weight excluding hydrogens is 307 g/mol. The number of hydrogen-bond donors (Lipinski definition) is 1. The first-order valence-electron chi connectivity index (χ1n) is 7.25. The minimum absolute atomic E-state index is 0.0662. The minimum atomic E-state index is -1.86. The van der Waals surface area contributed by atoms with E-state index in [1.165, 1.54) is 12.1 Å². The molecular formula is C16H26ClFO2Si. The molecule has 0 heterocycles. The predicted octanol–water partition coefficient (Wildman–Crippen LogP) is 5.31. The van der Waals surface area contributed by atoms with Gasteiger partial charge in [-0.2, -0.15) is 0 Å². The smallest absolute Gasteiger partial charge is 0.192 e. The van der Waals surface area contributed by atoms with Gasteiger partial charge in [0, 0.05) is 12.5 Å². The fraction of sp³-hybridized carbons (Fsp3) is 0.625. The summed E-state index contributed by atoms with van der Waals surface area (Å²) in [5.74, 6) is -0.508. The molecule has 5 heteroatoms. The first kappa shape index (κ1) is 18.6. The molecule has 0 radical (unpaired) electrons. The number of aliphatic hydroxyl groups excluding tert-OH is 1. The molecule has 0 aliphatic carbocycles. The third-order valence-electron chi connectivity index (χ3n) is 4.19. The summed E-state index contributed by atoms with van der Waals surface area (Å²) in [7, 11) is -1.86. The van der Waals surface area contributed by atoms with Crippen LogP contribution in [0.3, 0.4) is 0 Å². The minimum Gasteiger partial charge on any atom is -0.414 e. The molecule has 0 fully saturated rings. The lowest BCUT2D eigenvalue weighted by atomic mass is 10.0. The van der Waals surface area contributed by atoms with Crippen LogP contribution in [0.1, 0.15) is 45.8 Å². The summed E-state index contributed by atoms with van der Waals surface area (Å²) in [6.07, 6.45) is -0.399. The number of aliphatic hydroxyl groups is 1. The quantitative estimate of drug-likeness (QED) is 0.740. The summed E-state index contributed by atoms with van der Waals surface area (Å²) >= 11 is 5.65. The summed E-state index contributed by atoms with van der Waals surface area (Å²) in [5.41, 5.74) is 0.530. The van der Waals surface area contributed by atoms with Crippen molar-refractivity contribution in [3.63, 3.8) is 0 Å². The number of benzene rings is 1. The molecule has 1 aromatic rings. The van der Waals surface area contributed by atoms with Gasteiger partial charge in [0.25, 0.3) is 0 Å². The van der Waals surface area contributed by atoms with Crippen LogP contribution in [-0.2, 0) is 4.43 Å². The van der Waals surface area contributed by atoms with Gasteiger partial charge >= 0.3 is 0 Å². The average Bonchev–Trinajstić information content (AvgIpc) is 2.30. The van der Waals surface area contributed by atoms with Crippen LogP contribution >= 0.6 is 11.6 Å². The van der Waals surface area contributed by atoms with Gasteiger partial charge in [-0.05, 0) is 42.8 Å². The Morgan fingerprint density at radius 3 is 2.38 bits per heavy atom. The molecule has 1 N–H and O–H groups in total. The lowest BCUT2D eigenvalue weighted by Gasteiger charge is -2.38. The molecule has 0 aliphatic heterocycles. The van der Waals surface area contributed by atoms with Crippen LogP contribution < -0.4 is 0 Å². The molecule has 1 aromatic carbocycles. The van der Waals surface area contributed by atoms with Crippen molar-refractivity contribution in [3.05, 3.63) is 34.6 Å². The molecule has 21 heavy (non-hydrogen) atoms. The Balaban J connectivity index is 2.70. The molecule has 0 bridgehead atoms. The topological polar surface area (TPSA) is 29.5 Å². The highest BCUT2D eigenvalue weighted by molar-refractivity contribution is 6.74. The highest BCUT2D eigenvalue weighted by Crippen LogP contribution is 2.38. The third-order valence-corrected chi connectivity index (χ3v) is 9.10. The highest BCUT2D eigenvalue weighted by Gasteiger charge is 2.38. The van der Waals surface area contributed by atoms with Gasteiger partial charge in [0.1, 0.15) is 5.82 Å². The Labute approximate surface area is 133 Å². The number of halogens is 2. The van der Waals surface area contributed by atoms with Gasteiger partial charge < -0.3 is 9.53 Å². The molecule has 1 rings (SSSR count). The van der Waals surface area contributed by atoms with Crippen molar-refractivity contribution in [1.82, 2.24) is 0 Å². The second-order valence-corrected chi connectivity index (χ2v) is 12.3. The van der Waals surface area contributed by atoms with Gasteiger partial charge in [0.15, 0.2) is 8.32 Å². The molecule has 0 amide bonds. The maximum absolute atomic E-state index is 13.4. The van der Waals surface area contributed by atoms with Crippen LogP contribution in [0.5, 0.6) is 0 Å². The van der Waals surface area contributed by atoms with Crippen LogP contribution in [0.4, 0.5) is 4.39 Å². The number of hydrogen-bond acceptors (Lipinski definition) is 2. The van der Waals surface area contributed by atoms with E-state index in [4.69, 9.17) is 16.0 Å². The second kappa shape index (κ2) is 6.78. The van der Waals surface area contributed by atoms with Crippen molar-refractivity contribution in [2.45, 2.75) is 64.5 Å². The maximum Gasteiger partial charge on any atom is 0.192 e. The van der Waals surface area contributed by atoms with E-state index >= 15 is 0 Å². The van der Waals surface area contributed by atoms with Gasteiger partial charge in [-0.25, -0.2) is 4.39 Å². The van der Waals surface area contributed by atoms with E-state index in [0.717, 1.165) is 0 Å². The Kier molecular flexibility index (Phi) is 6.01. The van der Waals surface area contributed by atoms with Crippen molar-refractivity contribution in [2.24, 2.45) is 0 Å². The van der Waals surface area contributed by atoms with E-state index in [2.05, 4.69) is 33.9 Å². The van der Waals surface area contributed by atoms with E-state index in [1.807, 2.05) is 6.92 Å². The highest BCUT2D eigenvalue weighted by atomic mass is 35.5. The Morgan fingerprint density at radius 1 is 1.33 bits per heavy atom. The van der Waals surface area contributed by atoms with E-state index in [1.54, 1.807) is 6.07 Å². The summed E-state index contributed by atoms with van der Waals surface area (Å²) in [5, 5.41) is 10.4. The fourth-order valence-corrected chi connectivity index (χ4v) is 3.47. The zero-order valence-electron chi connectivity index (χ0n) is 13.7. The van der Waals surface area contributed by atoms with Crippen LogP contribution in [0, 0.1) is 5.82 Å². The van der Waals surface area contributed by atoms with Crippen molar-refractivity contribution in [1.29, 1.82) is 0 Å². The predicted molar refractivity (Wildman–Crippen MR) is 88.7 cm³/mol. The lowest BCUT2D eigenvalue weighted by molar-refractivity contribution is 0.0955. The van der Waals surface area contributed by atoms with Crippen LogP contribution in [0.15, 0.2) is 18.2 Å². The maximum atomic E-state index is 13.4. The zero-order valence-corrected chi connectivity index (χ0v) is 15.5. The molecule has 2 atom stereocenters. The Hall–Kier alpha value is -0.423. The van der Waals surface area contributed by atoms with Gasteiger partial charge in [-0.15, -0.1) is 0 Å². The first-order valence-corrected chi connectivity index (χ1v) is 10.5. The summed E-state index contributed by atoms with van der Waals surface area (Å²) < 4.78 is 19.6. The van der Waals surface area contributed by atoms with E-state index < -0.39 is 20.2 Å². The Morgan fingerprint density at radius 2 is 1.90 bits per heavy atom. The van der Waals surface area contributed by atoms with Crippen molar-refractivity contribution in [2.75, 3.05) is 0 Å². The molecule has 0 spiro atoms. The summed E-state index contributed by atoms with van der Waals surface area (Å²) in [6.45, 7) is 12.8. The lowest BCUT2D eigenvalue weighted by Crippen LogP contribution is -2.43. The summed E-state index contributed by atoms with van der Waals surface area (Å²) in [6, 6.07) is 4.40. The van der Waals surface area contributed by atoms with E-state index in [0.29, 0.717) is 12.0 Å². The van der Waals surface area contributed by atoms with Gasteiger partial charge in [0.05, 0.1) is 11.1 Å². The third kappa shape index (κ3) is 5.06. The largest absolute Gasteiger partial charge is 0.414 e. The normalized spacial score (nSPS) is 15.9. The molecule has 2 unspecified atom stereocenters. The SMILES string of the molecule is CC(CC(O)c1ccc(Cl)c(F)c1)O[Si](C)(C)C(C)(C)C. The zero-order chi connectivity index (χ0) is 16.4. The second-order valence-electron chi connectivity index (χ2n) is 7.11. The average molecular weight is 333 g/mol. The first-order chi connectivity index (χ1) is 9.44. The van der Waals surface area contributed by atoms with E-state index in [9.17, 15) is 9.50 Å². The van der Waals surface area contributed by atoms with Crippen molar-refractivity contribution in [3.8, 4) is 0 Å². The van der Waals surface area contributed by atoms with Crippen LogP contribution in [0.2, 0.25) is 23.2 Å². The van der Waals surface area contributed by atoms with Crippen LogP contribution in [-0.4, -0.2) is 19.5 Å². The number of rotatable bonds is 5. The fourth-order valence-electron chi connectivity index (χ4n) is 1.90. The Bertz CT molecular complexity index is 486. The monoisotopic (exact) mass is 332 g/mol. The molecule has 0 saturated carbocycles. The van der Waals surface area contributed by atoms with E-state index in [-0.39, 0.29) is 16.2 Å². The van der Waals surface area contributed by atoms with Gasteiger partial charge in [-0.1, -0.05) is 38.4 Å². The van der Waals surface area contributed by atoms with Crippen LogP contribution in [0.25, 0.3) is 0 Å². The standard InChI is InChI=1S/C16H26ClFO2Si/c1-11(20-21(5,6)16(2,3)4)9-15(19)12-7-8-13(17)14(18)10-12/h7-8,10-11,15,19H,9H2,1-6H3. The molecule has 0 saturated heterocycles. The molecule has 0 aliphatic rings. The molecule has 120 valence electrons. The molecule has 2 nitrogen and oxygen atoms in total. The van der Waals surface area contributed by atoms with Gasteiger partial charge in [-0.3, -0.25) is 0 Å². The molecule has 0 aromatic heterocycles.